The van der Waals surface area contributed by atoms with E-state index in [1.165, 1.54) is 0 Å². The summed E-state index contributed by atoms with van der Waals surface area (Å²) in [5, 5.41) is 16.6. The zero-order valence-corrected chi connectivity index (χ0v) is 13.8. The first-order chi connectivity index (χ1) is 9.75. The third-order valence-corrected chi connectivity index (χ3v) is 4.14. The van der Waals surface area contributed by atoms with Crippen molar-refractivity contribution in [1.29, 1.82) is 0 Å². The number of amides is 2. The van der Waals surface area contributed by atoms with Crippen molar-refractivity contribution < 1.29 is 14.7 Å². The van der Waals surface area contributed by atoms with E-state index in [1.807, 2.05) is 17.5 Å². The monoisotopic (exact) mass is 312 g/mol. The quantitative estimate of drug-likeness (QED) is 0.753. The number of carbonyl (C=O) groups is 2. The van der Waals surface area contributed by atoms with Gasteiger partial charge in [0.25, 0.3) is 0 Å². The first-order valence-corrected chi connectivity index (χ1v) is 7.97. The zero-order valence-electron chi connectivity index (χ0n) is 13.0. The highest BCUT2D eigenvalue weighted by atomic mass is 32.1. The van der Waals surface area contributed by atoms with Gasteiger partial charge in [-0.3, -0.25) is 0 Å². The molecule has 2 amide bonds. The van der Waals surface area contributed by atoms with Gasteiger partial charge in [0.2, 0.25) is 0 Å². The van der Waals surface area contributed by atoms with Crippen molar-refractivity contribution >= 4 is 23.3 Å². The minimum atomic E-state index is -1.03. The lowest BCUT2D eigenvalue weighted by Gasteiger charge is -2.28. The Balaban J connectivity index is 2.72. The SMILES string of the molecule is CCCC(NC(=O)NC(C(=O)O)C(C)(C)C)c1cccs1. The predicted octanol–water partition coefficient (Wildman–Crippen LogP) is 3.39. The molecule has 2 unspecified atom stereocenters. The molecule has 0 saturated heterocycles. The van der Waals surface area contributed by atoms with E-state index in [-0.39, 0.29) is 6.04 Å². The summed E-state index contributed by atoms with van der Waals surface area (Å²) in [5.41, 5.74) is -0.549. The molecule has 0 fully saturated rings. The molecule has 0 spiro atoms. The van der Waals surface area contributed by atoms with Crippen LogP contribution in [-0.4, -0.2) is 23.1 Å². The lowest BCUT2D eigenvalue weighted by Crippen LogP contribution is -2.52. The zero-order chi connectivity index (χ0) is 16.0. The van der Waals surface area contributed by atoms with Crippen LogP contribution in [0.15, 0.2) is 17.5 Å². The molecule has 6 heteroatoms. The van der Waals surface area contributed by atoms with Gasteiger partial charge in [-0.25, -0.2) is 9.59 Å². The Labute approximate surface area is 129 Å². The number of carboxylic acids is 1. The Kier molecular flexibility index (Phi) is 6.20. The molecule has 1 aromatic heterocycles. The molecular weight excluding hydrogens is 288 g/mol. The van der Waals surface area contributed by atoms with Crippen LogP contribution in [0.2, 0.25) is 0 Å². The van der Waals surface area contributed by atoms with Gasteiger partial charge in [-0.2, -0.15) is 0 Å². The van der Waals surface area contributed by atoms with E-state index in [4.69, 9.17) is 0 Å². The molecule has 0 aliphatic carbocycles. The number of rotatable bonds is 6. The maximum absolute atomic E-state index is 12.1. The van der Waals surface area contributed by atoms with Gasteiger partial charge < -0.3 is 15.7 Å². The van der Waals surface area contributed by atoms with Gasteiger partial charge in [-0.15, -0.1) is 11.3 Å². The average Bonchev–Trinajstić information content (AvgIpc) is 2.87. The number of carboxylic acid groups (broad SMARTS) is 1. The van der Waals surface area contributed by atoms with Crippen molar-refractivity contribution in [2.45, 2.75) is 52.6 Å². The average molecular weight is 312 g/mol. The van der Waals surface area contributed by atoms with Crippen LogP contribution in [0, 0.1) is 5.41 Å². The number of hydrogen-bond donors (Lipinski definition) is 3. The molecule has 21 heavy (non-hydrogen) atoms. The van der Waals surface area contributed by atoms with Crippen LogP contribution in [0.25, 0.3) is 0 Å². The lowest BCUT2D eigenvalue weighted by molar-refractivity contribution is -0.141. The van der Waals surface area contributed by atoms with E-state index < -0.39 is 23.5 Å². The number of urea groups is 1. The first-order valence-electron chi connectivity index (χ1n) is 7.09. The number of carbonyl (C=O) groups excluding carboxylic acids is 1. The second kappa shape index (κ2) is 7.45. The van der Waals surface area contributed by atoms with Gasteiger partial charge in [0.05, 0.1) is 6.04 Å². The fraction of sp³-hybridized carbons (Fsp3) is 0.600. The van der Waals surface area contributed by atoms with Gasteiger partial charge in [-0.05, 0) is 23.3 Å². The summed E-state index contributed by atoms with van der Waals surface area (Å²) in [6.45, 7) is 7.41. The van der Waals surface area contributed by atoms with Gasteiger partial charge in [-0.1, -0.05) is 40.2 Å². The molecule has 0 bridgehead atoms. The van der Waals surface area contributed by atoms with Gasteiger partial charge in [0.15, 0.2) is 0 Å². The molecule has 0 aliphatic heterocycles. The fourth-order valence-corrected chi connectivity index (χ4v) is 2.86. The molecule has 0 aliphatic rings. The van der Waals surface area contributed by atoms with E-state index in [1.54, 1.807) is 32.1 Å². The third kappa shape index (κ3) is 5.38. The largest absolute Gasteiger partial charge is 0.480 e. The fourth-order valence-electron chi connectivity index (χ4n) is 2.04. The molecule has 118 valence electrons. The predicted molar refractivity (Wildman–Crippen MR) is 84.5 cm³/mol. The van der Waals surface area contributed by atoms with Crippen molar-refractivity contribution in [2.24, 2.45) is 5.41 Å². The van der Waals surface area contributed by atoms with Crippen LogP contribution in [0.1, 0.15) is 51.5 Å². The van der Waals surface area contributed by atoms with Crippen LogP contribution in [0.5, 0.6) is 0 Å². The maximum atomic E-state index is 12.1. The van der Waals surface area contributed by atoms with E-state index in [0.29, 0.717) is 0 Å². The summed E-state index contributed by atoms with van der Waals surface area (Å²) >= 11 is 1.58. The van der Waals surface area contributed by atoms with Crippen molar-refractivity contribution in [3.05, 3.63) is 22.4 Å². The highest BCUT2D eigenvalue weighted by Crippen LogP contribution is 2.23. The highest BCUT2D eigenvalue weighted by Gasteiger charge is 2.33. The van der Waals surface area contributed by atoms with E-state index >= 15 is 0 Å². The normalized spacial score (nSPS) is 14.3. The van der Waals surface area contributed by atoms with Crippen LogP contribution < -0.4 is 10.6 Å². The molecule has 2 atom stereocenters. The lowest BCUT2D eigenvalue weighted by atomic mass is 9.87. The summed E-state index contributed by atoms with van der Waals surface area (Å²) in [6.07, 6.45) is 1.76. The van der Waals surface area contributed by atoms with Crippen LogP contribution in [-0.2, 0) is 4.79 Å². The summed E-state index contributed by atoms with van der Waals surface area (Å²) in [5.74, 6) is -1.03. The number of hydrogen-bond acceptors (Lipinski definition) is 3. The smallest absolute Gasteiger partial charge is 0.326 e. The van der Waals surface area contributed by atoms with Gasteiger partial charge in [0, 0.05) is 4.88 Å². The first kappa shape index (κ1) is 17.5. The molecular formula is C15H24N2O3S. The number of aliphatic carboxylic acids is 1. The summed E-state index contributed by atoms with van der Waals surface area (Å²) in [4.78, 5) is 24.5. The minimum absolute atomic E-state index is 0.0792. The molecule has 1 rings (SSSR count). The number of nitrogens with one attached hydrogen (secondary N) is 2. The topological polar surface area (TPSA) is 78.4 Å². The maximum Gasteiger partial charge on any atom is 0.326 e. The van der Waals surface area contributed by atoms with Gasteiger partial charge in [0.1, 0.15) is 6.04 Å². The second-order valence-corrected chi connectivity index (χ2v) is 7.09. The summed E-state index contributed by atoms with van der Waals surface area (Å²) in [7, 11) is 0. The molecule has 3 N–H and O–H groups in total. The Bertz CT molecular complexity index is 466. The summed E-state index contributed by atoms with van der Waals surface area (Å²) in [6, 6.07) is 2.47. The second-order valence-electron chi connectivity index (χ2n) is 6.11. The summed E-state index contributed by atoms with van der Waals surface area (Å²) < 4.78 is 0. The van der Waals surface area contributed by atoms with E-state index in [2.05, 4.69) is 17.6 Å². The Morgan fingerprint density at radius 2 is 2.00 bits per heavy atom. The molecule has 0 radical (unpaired) electrons. The van der Waals surface area contributed by atoms with Crippen LogP contribution >= 0.6 is 11.3 Å². The molecule has 1 heterocycles. The minimum Gasteiger partial charge on any atom is -0.480 e. The Morgan fingerprint density at radius 1 is 1.33 bits per heavy atom. The van der Waals surface area contributed by atoms with Crippen LogP contribution in [0.4, 0.5) is 4.79 Å². The Morgan fingerprint density at radius 3 is 2.43 bits per heavy atom. The van der Waals surface area contributed by atoms with Crippen molar-refractivity contribution in [2.75, 3.05) is 0 Å². The molecule has 0 saturated carbocycles. The van der Waals surface area contributed by atoms with Crippen LogP contribution in [0.3, 0.4) is 0 Å². The van der Waals surface area contributed by atoms with E-state index in [9.17, 15) is 14.7 Å². The molecule has 1 aromatic rings. The van der Waals surface area contributed by atoms with Gasteiger partial charge >= 0.3 is 12.0 Å². The highest BCUT2D eigenvalue weighted by molar-refractivity contribution is 7.10. The van der Waals surface area contributed by atoms with Crippen molar-refractivity contribution in [1.82, 2.24) is 10.6 Å². The standard InChI is InChI=1S/C15H24N2O3S/c1-5-7-10(11-8-6-9-21-11)16-14(20)17-12(13(18)19)15(2,3)4/h6,8-10,12H,5,7H2,1-4H3,(H,18,19)(H2,16,17,20). The third-order valence-electron chi connectivity index (χ3n) is 3.16. The molecule has 5 nitrogen and oxygen atoms in total. The van der Waals surface area contributed by atoms with E-state index in [0.717, 1.165) is 17.7 Å². The molecule has 0 aromatic carbocycles. The van der Waals surface area contributed by atoms with Crippen molar-refractivity contribution in [3.8, 4) is 0 Å². The number of thiophene rings is 1. The van der Waals surface area contributed by atoms with Crippen molar-refractivity contribution in [3.63, 3.8) is 0 Å². The Hall–Kier alpha value is -1.56.